The Labute approximate surface area is 171 Å². The molecule has 0 radical (unpaired) electrons. The Kier molecular flexibility index (Phi) is 7.95. The van der Waals surface area contributed by atoms with Gasteiger partial charge >= 0.3 is 0 Å². The summed E-state index contributed by atoms with van der Waals surface area (Å²) in [5.74, 6) is 1.84. The molecular weight excluding hydrogens is 378 g/mol. The number of nitrogens with zero attached hydrogens (tertiary/aromatic N) is 1. The van der Waals surface area contributed by atoms with Crippen LogP contribution >= 0.6 is 11.6 Å². The monoisotopic (exact) mass is 405 g/mol. The lowest BCUT2D eigenvalue weighted by Gasteiger charge is -2.32. The fourth-order valence-corrected chi connectivity index (χ4v) is 4.09. The van der Waals surface area contributed by atoms with Crippen LogP contribution in [-0.4, -0.2) is 37.0 Å². The molecule has 0 saturated heterocycles. The average Bonchev–Trinajstić information content (AvgIpc) is 2.73. The van der Waals surface area contributed by atoms with Crippen LogP contribution in [0.25, 0.3) is 0 Å². The Morgan fingerprint density at radius 2 is 1.96 bits per heavy atom. The third-order valence-electron chi connectivity index (χ3n) is 5.30. The fraction of sp³-hybridized carbons (Fsp3) is 0.500. The van der Waals surface area contributed by atoms with Gasteiger partial charge in [0.15, 0.2) is 0 Å². The van der Waals surface area contributed by atoms with Crippen molar-refractivity contribution in [2.24, 2.45) is 5.92 Å². The van der Waals surface area contributed by atoms with Gasteiger partial charge in [-0.3, -0.25) is 0 Å². The van der Waals surface area contributed by atoms with Crippen molar-refractivity contribution < 1.29 is 19.3 Å². The second kappa shape index (κ2) is 10.6. The summed E-state index contributed by atoms with van der Waals surface area (Å²) in [5, 5.41) is 10.5. The molecule has 6 heteroatoms. The number of ether oxygens (including phenoxy) is 3. The molecule has 2 unspecified atom stereocenters. The standard InChI is InChI=1S/C22H28ClNO4/c1-26-10-11-27-22-12-17(14-25)21(13-24-22)28-15-16-6-2-3-7-18(16)19-8-4-5-9-20(19)23/h4-5,8-9,12-13,16,18,25H,2-3,6-7,10-11,14-15H2,1H3. The molecule has 1 aromatic carbocycles. The number of hydrogen-bond acceptors (Lipinski definition) is 5. The SMILES string of the molecule is COCCOc1cc(CO)c(OCC2CCCCC2c2ccccc2Cl)cn1. The van der Waals surface area contributed by atoms with E-state index in [0.717, 1.165) is 17.9 Å². The van der Waals surface area contributed by atoms with E-state index < -0.39 is 0 Å². The quantitative estimate of drug-likeness (QED) is 0.617. The second-order valence-corrected chi connectivity index (χ2v) is 7.52. The Balaban J connectivity index is 1.67. The molecule has 1 aliphatic rings. The van der Waals surface area contributed by atoms with Crippen LogP contribution in [0.15, 0.2) is 36.5 Å². The van der Waals surface area contributed by atoms with Crippen LogP contribution in [0.1, 0.15) is 42.7 Å². The summed E-state index contributed by atoms with van der Waals surface area (Å²) >= 11 is 6.45. The van der Waals surface area contributed by atoms with Crippen LogP contribution in [0.2, 0.25) is 5.02 Å². The minimum absolute atomic E-state index is 0.128. The first-order valence-electron chi connectivity index (χ1n) is 9.81. The first kappa shape index (κ1) is 20.9. The van der Waals surface area contributed by atoms with Gasteiger partial charge in [0, 0.05) is 23.8 Å². The van der Waals surface area contributed by atoms with Gasteiger partial charge in [-0.15, -0.1) is 0 Å². The molecule has 0 bridgehead atoms. The maximum Gasteiger partial charge on any atom is 0.213 e. The van der Waals surface area contributed by atoms with Crippen molar-refractivity contribution in [2.45, 2.75) is 38.2 Å². The Morgan fingerprint density at radius 3 is 2.75 bits per heavy atom. The lowest BCUT2D eigenvalue weighted by molar-refractivity contribution is 0.143. The Bertz CT molecular complexity index is 755. The highest BCUT2D eigenvalue weighted by Crippen LogP contribution is 2.40. The number of halogens is 1. The summed E-state index contributed by atoms with van der Waals surface area (Å²) in [5.41, 5.74) is 1.88. The highest BCUT2D eigenvalue weighted by molar-refractivity contribution is 6.31. The fourth-order valence-electron chi connectivity index (χ4n) is 3.81. The van der Waals surface area contributed by atoms with Gasteiger partial charge in [0.1, 0.15) is 12.4 Å². The molecule has 0 amide bonds. The van der Waals surface area contributed by atoms with Gasteiger partial charge in [-0.1, -0.05) is 42.6 Å². The number of aromatic nitrogens is 1. The molecular formula is C22H28ClNO4. The number of aliphatic hydroxyl groups is 1. The number of rotatable bonds is 9. The molecule has 152 valence electrons. The first-order valence-corrected chi connectivity index (χ1v) is 10.2. The predicted molar refractivity (Wildman–Crippen MR) is 109 cm³/mol. The Morgan fingerprint density at radius 1 is 1.14 bits per heavy atom. The van der Waals surface area contributed by atoms with Crippen LogP contribution in [0.5, 0.6) is 11.6 Å². The highest BCUT2D eigenvalue weighted by atomic mass is 35.5. The normalized spacial score (nSPS) is 19.4. The molecule has 1 aromatic heterocycles. The summed E-state index contributed by atoms with van der Waals surface area (Å²) in [7, 11) is 1.62. The van der Waals surface area contributed by atoms with E-state index in [1.54, 1.807) is 19.4 Å². The summed E-state index contributed by atoms with van der Waals surface area (Å²) in [6.45, 7) is 1.35. The average molecular weight is 406 g/mol. The number of aliphatic hydroxyl groups excluding tert-OH is 1. The van der Waals surface area contributed by atoms with Gasteiger partial charge < -0.3 is 19.3 Å². The van der Waals surface area contributed by atoms with E-state index in [2.05, 4.69) is 11.1 Å². The van der Waals surface area contributed by atoms with Crippen molar-refractivity contribution in [3.63, 3.8) is 0 Å². The molecule has 2 aromatic rings. The summed E-state index contributed by atoms with van der Waals surface area (Å²) < 4.78 is 16.6. The molecule has 1 fully saturated rings. The number of hydrogen-bond donors (Lipinski definition) is 1. The maximum absolute atomic E-state index is 9.71. The van der Waals surface area contributed by atoms with E-state index in [1.807, 2.05) is 18.2 Å². The summed E-state index contributed by atoms with van der Waals surface area (Å²) in [6, 6.07) is 9.81. The van der Waals surface area contributed by atoms with Gasteiger partial charge in [0.05, 0.1) is 26.0 Å². The maximum atomic E-state index is 9.71. The van der Waals surface area contributed by atoms with Crippen molar-refractivity contribution in [3.8, 4) is 11.6 Å². The van der Waals surface area contributed by atoms with Crippen LogP contribution in [0.4, 0.5) is 0 Å². The first-order chi connectivity index (χ1) is 13.7. The molecule has 1 heterocycles. The molecule has 2 atom stereocenters. The number of benzene rings is 1. The third kappa shape index (κ3) is 5.37. The minimum Gasteiger partial charge on any atom is -0.491 e. The smallest absolute Gasteiger partial charge is 0.213 e. The van der Waals surface area contributed by atoms with E-state index in [9.17, 15) is 5.11 Å². The zero-order valence-electron chi connectivity index (χ0n) is 16.3. The van der Waals surface area contributed by atoms with Crippen LogP contribution in [0.3, 0.4) is 0 Å². The van der Waals surface area contributed by atoms with Gasteiger partial charge in [-0.05, 0) is 36.3 Å². The van der Waals surface area contributed by atoms with Crippen molar-refractivity contribution in [1.82, 2.24) is 4.98 Å². The molecule has 0 spiro atoms. The van der Waals surface area contributed by atoms with Crippen LogP contribution < -0.4 is 9.47 Å². The molecule has 5 nitrogen and oxygen atoms in total. The van der Waals surface area contributed by atoms with E-state index in [0.29, 0.717) is 48.8 Å². The van der Waals surface area contributed by atoms with Crippen molar-refractivity contribution in [3.05, 3.63) is 52.7 Å². The van der Waals surface area contributed by atoms with Gasteiger partial charge in [-0.25, -0.2) is 4.98 Å². The van der Waals surface area contributed by atoms with E-state index in [-0.39, 0.29) is 6.61 Å². The molecule has 3 rings (SSSR count). The topological polar surface area (TPSA) is 60.8 Å². The number of pyridine rings is 1. The molecule has 1 N–H and O–H groups in total. The van der Waals surface area contributed by atoms with Gasteiger partial charge in [0.25, 0.3) is 0 Å². The largest absolute Gasteiger partial charge is 0.491 e. The predicted octanol–water partition coefficient (Wildman–Crippen LogP) is 4.61. The van der Waals surface area contributed by atoms with E-state index >= 15 is 0 Å². The second-order valence-electron chi connectivity index (χ2n) is 7.11. The lowest BCUT2D eigenvalue weighted by Crippen LogP contribution is -2.24. The van der Waals surface area contributed by atoms with Crippen molar-refractivity contribution >= 4 is 11.6 Å². The Hall–Kier alpha value is -1.82. The van der Waals surface area contributed by atoms with Gasteiger partial charge in [0.2, 0.25) is 5.88 Å². The zero-order chi connectivity index (χ0) is 19.8. The lowest BCUT2D eigenvalue weighted by atomic mass is 9.76. The summed E-state index contributed by atoms with van der Waals surface area (Å²) in [6.07, 6.45) is 6.27. The highest BCUT2D eigenvalue weighted by Gasteiger charge is 2.28. The molecule has 1 saturated carbocycles. The van der Waals surface area contributed by atoms with Gasteiger partial charge in [-0.2, -0.15) is 0 Å². The zero-order valence-corrected chi connectivity index (χ0v) is 17.0. The van der Waals surface area contributed by atoms with E-state index in [1.165, 1.54) is 18.4 Å². The third-order valence-corrected chi connectivity index (χ3v) is 5.64. The van der Waals surface area contributed by atoms with Crippen molar-refractivity contribution in [1.29, 1.82) is 0 Å². The summed E-state index contributed by atoms with van der Waals surface area (Å²) in [4.78, 5) is 4.28. The molecule has 28 heavy (non-hydrogen) atoms. The molecule has 1 aliphatic carbocycles. The van der Waals surface area contributed by atoms with Crippen LogP contribution in [-0.2, 0) is 11.3 Å². The molecule has 0 aliphatic heterocycles. The number of methoxy groups -OCH3 is 1. The van der Waals surface area contributed by atoms with E-state index in [4.69, 9.17) is 25.8 Å². The van der Waals surface area contributed by atoms with Crippen molar-refractivity contribution in [2.75, 3.05) is 26.9 Å². The minimum atomic E-state index is -0.128. The van der Waals surface area contributed by atoms with Crippen LogP contribution in [0, 0.1) is 5.92 Å².